The molecule has 0 aromatic rings. The summed E-state index contributed by atoms with van der Waals surface area (Å²) in [6.07, 6.45) is 12.2. The summed E-state index contributed by atoms with van der Waals surface area (Å²) >= 11 is 0. The van der Waals surface area contributed by atoms with Gasteiger partial charge in [0.1, 0.15) is 0 Å². The molecule has 0 radical (unpaired) electrons. The molecule has 1 aliphatic carbocycles. The molecular formula is C10H16O. The minimum atomic E-state index is 0.345. The standard InChI is InChI=1S/C10H16O/c11-9-5-1-2-6-10-7-3-4-8-10/h3-4,7,11H,1-2,5-6,8-9H2. The number of rotatable bonds is 5. The fraction of sp³-hybridized carbons (Fsp3) is 0.600. The van der Waals surface area contributed by atoms with Gasteiger partial charge in [-0.3, -0.25) is 0 Å². The van der Waals surface area contributed by atoms with Crippen LogP contribution in [0, 0.1) is 0 Å². The first-order valence-electron chi connectivity index (χ1n) is 4.39. The number of aliphatic hydroxyl groups is 1. The predicted molar refractivity (Wildman–Crippen MR) is 47.4 cm³/mol. The third kappa shape index (κ3) is 3.38. The van der Waals surface area contributed by atoms with E-state index in [0.717, 1.165) is 19.3 Å². The topological polar surface area (TPSA) is 20.2 Å². The summed E-state index contributed by atoms with van der Waals surface area (Å²) < 4.78 is 0. The second-order valence-corrected chi connectivity index (χ2v) is 2.99. The molecule has 1 N–H and O–H groups in total. The Morgan fingerprint density at radius 3 is 2.82 bits per heavy atom. The van der Waals surface area contributed by atoms with E-state index in [9.17, 15) is 0 Å². The molecule has 0 bridgehead atoms. The zero-order valence-corrected chi connectivity index (χ0v) is 6.92. The lowest BCUT2D eigenvalue weighted by molar-refractivity contribution is 0.283. The zero-order valence-electron chi connectivity index (χ0n) is 6.92. The molecule has 0 aromatic heterocycles. The first kappa shape index (κ1) is 8.54. The normalized spacial score (nSPS) is 15.5. The smallest absolute Gasteiger partial charge is 0.0431 e. The van der Waals surface area contributed by atoms with Gasteiger partial charge in [0, 0.05) is 6.61 Å². The van der Waals surface area contributed by atoms with Crippen molar-refractivity contribution in [3.05, 3.63) is 23.8 Å². The van der Waals surface area contributed by atoms with Crippen LogP contribution >= 0.6 is 0 Å². The Morgan fingerprint density at radius 2 is 2.18 bits per heavy atom. The molecule has 0 fully saturated rings. The van der Waals surface area contributed by atoms with E-state index in [2.05, 4.69) is 18.2 Å². The van der Waals surface area contributed by atoms with Gasteiger partial charge in [-0.15, -0.1) is 0 Å². The van der Waals surface area contributed by atoms with E-state index in [0.29, 0.717) is 6.61 Å². The summed E-state index contributed by atoms with van der Waals surface area (Å²) in [5.74, 6) is 0. The van der Waals surface area contributed by atoms with Crippen LogP contribution in [-0.4, -0.2) is 11.7 Å². The van der Waals surface area contributed by atoms with Gasteiger partial charge in [-0.2, -0.15) is 0 Å². The van der Waals surface area contributed by atoms with Crippen molar-refractivity contribution in [3.63, 3.8) is 0 Å². The summed E-state index contributed by atoms with van der Waals surface area (Å²) in [5, 5.41) is 8.53. The van der Waals surface area contributed by atoms with Crippen LogP contribution < -0.4 is 0 Å². The fourth-order valence-corrected chi connectivity index (χ4v) is 1.32. The van der Waals surface area contributed by atoms with Gasteiger partial charge in [-0.25, -0.2) is 0 Å². The molecule has 0 aromatic carbocycles. The Hall–Kier alpha value is -0.560. The molecule has 62 valence electrons. The van der Waals surface area contributed by atoms with E-state index >= 15 is 0 Å². The Kier molecular flexibility index (Phi) is 3.99. The number of allylic oxidation sites excluding steroid dienone is 4. The lowest BCUT2D eigenvalue weighted by Crippen LogP contribution is -1.84. The van der Waals surface area contributed by atoms with Gasteiger partial charge < -0.3 is 5.11 Å². The van der Waals surface area contributed by atoms with E-state index in [1.807, 2.05) is 0 Å². The van der Waals surface area contributed by atoms with Crippen molar-refractivity contribution >= 4 is 0 Å². The van der Waals surface area contributed by atoms with Gasteiger partial charge in [0.05, 0.1) is 0 Å². The lowest BCUT2D eigenvalue weighted by atomic mass is 10.1. The quantitative estimate of drug-likeness (QED) is 0.600. The van der Waals surface area contributed by atoms with E-state index in [1.165, 1.54) is 12.8 Å². The molecule has 1 aliphatic rings. The van der Waals surface area contributed by atoms with Crippen molar-refractivity contribution in [2.75, 3.05) is 6.61 Å². The summed E-state index contributed by atoms with van der Waals surface area (Å²) in [4.78, 5) is 0. The van der Waals surface area contributed by atoms with Crippen LogP contribution in [0.4, 0.5) is 0 Å². The van der Waals surface area contributed by atoms with Crippen LogP contribution in [0.15, 0.2) is 23.8 Å². The average molecular weight is 152 g/mol. The summed E-state index contributed by atoms with van der Waals surface area (Å²) in [7, 11) is 0. The van der Waals surface area contributed by atoms with E-state index in [-0.39, 0.29) is 0 Å². The second kappa shape index (κ2) is 5.14. The minimum Gasteiger partial charge on any atom is -0.396 e. The van der Waals surface area contributed by atoms with Crippen LogP contribution in [0.25, 0.3) is 0 Å². The lowest BCUT2D eigenvalue weighted by Gasteiger charge is -1.99. The fourth-order valence-electron chi connectivity index (χ4n) is 1.32. The number of hydrogen-bond donors (Lipinski definition) is 1. The molecule has 11 heavy (non-hydrogen) atoms. The van der Waals surface area contributed by atoms with Crippen molar-refractivity contribution in [3.8, 4) is 0 Å². The van der Waals surface area contributed by atoms with Gasteiger partial charge in [-0.05, 0) is 25.7 Å². The van der Waals surface area contributed by atoms with Crippen molar-refractivity contribution < 1.29 is 5.11 Å². The van der Waals surface area contributed by atoms with Crippen LogP contribution in [0.5, 0.6) is 0 Å². The number of hydrogen-bond acceptors (Lipinski definition) is 1. The van der Waals surface area contributed by atoms with Gasteiger partial charge in [-0.1, -0.05) is 30.2 Å². The first-order valence-corrected chi connectivity index (χ1v) is 4.39. The minimum absolute atomic E-state index is 0.345. The van der Waals surface area contributed by atoms with Crippen molar-refractivity contribution in [2.45, 2.75) is 32.1 Å². The number of unbranched alkanes of at least 4 members (excludes halogenated alkanes) is 2. The van der Waals surface area contributed by atoms with Gasteiger partial charge in [0.2, 0.25) is 0 Å². The Labute approximate surface area is 68.4 Å². The van der Waals surface area contributed by atoms with E-state index < -0.39 is 0 Å². The SMILES string of the molecule is OCCCCCC1=CC=CC1. The average Bonchev–Trinajstić information content (AvgIpc) is 2.50. The molecule has 0 saturated carbocycles. The Morgan fingerprint density at radius 1 is 1.27 bits per heavy atom. The highest BCUT2D eigenvalue weighted by Crippen LogP contribution is 2.17. The zero-order chi connectivity index (χ0) is 7.94. The highest BCUT2D eigenvalue weighted by molar-refractivity contribution is 5.22. The highest BCUT2D eigenvalue weighted by Gasteiger charge is 1.97. The van der Waals surface area contributed by atoms with Crippen molar-refractivity contribution in [2.24, 2.45) is 0 Å². The molecule has 1 rings (SSSR count). The van der Waals surface area contributed by atoms with Crippen LogP contribution in [0.2, 0.25) is 0 Å². The van der Waals surface area contributed by atoms with Gasteiger partial charge in [0.25, 0.3) is 0 Å². The van der Waals surface area contributed by atoms with Gasteiger partial charge >= 0.3 is 0 Å². The van der Waals surface area contributed by atoms with Crippen molar-refractivity contribution in [1.29, 1.82) is 0 Å². The van der Waals surface area contributed by atoms with E-state index in [4.69, 9.17) is 5.11 Å². The third-order valence-electron chi connectivity index (χ3n) is 2.00. The maximum absolute atomic E-state index is 8.53. The molecular weight excluding hydrogens is 136 g/mol. The number of aliphatic hydroxyl groups excluding tert-OH is 1. The molecule has 0 atom stereocenters. The Bertz CT molecular complexity index is 156. The largest absolute Gasteiger partial charge is 0.396 e. The molecule has 0 heterocycles. The third-order valence-corrected chi connectivity index (χ3v) is 2.00. The molecule has 0 spiro atoms. The summed E-state index contributed by atoms with van der Waals surface area (Å²) in [6.45, 7) is 0.345. The van der Waals surface area contributed by atoms with Crippen LogP contribution in [0.3, 0.4) is 0 Å². The van der Waals surface area contributed by atoms with Crippen molar-refractivity contribution in [1.82, 2.24) is 0 Å². The first-order chi connectivity index (χ1) is 5.43. The predicted octanol–water partition coefficient (Wildman–Crippen LogP) is 2.43. The maximum atomic E-state index is 8.53. The van der Waals surface area contributed by atoms with Gasteiger partial charge in [0.15, 0.2) is 0 Å². The van der Waals surface area contributed by atoms with Crippen LogP contribution in [-0.2, 0) is 0 Å². The molecule has 1 nitrogen and oxygen atoms in total. The van der Waals surface area contributed by atoms with Crippen LogP contribution in [0.1, 0.15) is 32.1 Å². The molecule has 0 aliphatic heterocycles. The highest BCUT2D eigenvalue weighted by atomic mass is 16.2. The Balaban J connectivity index is 1.95. The molecule has 0 unspecified atom stereocenters. The maximum Gasteiger partial charge on any atom is 0.0431 e. The molecule has 0 saturated heterocycles. The second-order valence-electron chi connectivity index (χ2n) is 2.99. The monoisotopic (exact) mass is 152 g/mol. The summed E-state index contributed by atoms with van der Waals surface area (Å²) in [5.41, 5.74) is 1.54. The molecule has 1 heteroatoms. The summed E-state index contributed by atoms with van der Waals surface area (Å²) in [6, 6.07) is 0. The van der Waals surface area contributed by atoms with E-state index in [1.54, 1.807) is 5.57 Å². The molecule has 0 amide bonds.